The number of amides is 1. The highest BCUT2D eigenvalue weighted by Gasteiger charge is 2.12. The normalized spacial score (nSPS) is 10.1. The van der Waals surface area contributed by atoms with Crippen molar-refractivity contribution in [3.8, 4) is 5.75 Å². The van der Waals surface area contributed by atoms with Crippen molar-refractivity contribution in [2.45, 2.75) is 13.3 Å². The number of hydrogen-bond acceptors (Lipinski definition) is 3. The van der Waals surface area contributed by atoms with Crippen molar-refractivity contribution in [3.05, 3.63) is 60.2 Å². The molecule has 0 fully saturated rings. The Morgan fingerprint density at radius 3 is 2.62 bits per heavy atom. The van der Waals surface area contributed by atoms with Gasteiger partial charge in [-0.05, 0) is 43.3 Å². The second kappa shape index (κ2) is 10.4. The number of nitrogens with zero attached hydrogens (tertiary/aromatic N) is 1. The molecular formula is C20H25N3O2S. The highest BCUT2D eigenvalue weighted by molar-refractivity contribution is 7.80. The minimum Gasteiger partial charge on any atom is -0.497 e. The summed E-state index contributed by atoms with van der Waals surface area (Å²) in [7, 11) is 1.60. The van der Waals surface area contributed by atoms with E-state index < -0.39 is 0 Å². The van der Waals surface area contributed by atoms with Gasteiger partial charge in [0, 0.05) is 24.8 Å². The average Bonchev–Trinajstić information content (AvgIpc) is 2.67. The molecule has 0 aliphatic rings. The lowest BCUT2D eigenvalue weighted by atomic mass is 10.1. The fourth-order valence-corrected chi connectivity index (χ4v) is 2.77. The van der Waals surface area contributed by atoms with Crippen LogP contribution in [0, 0.1) is 0 Å². The number of nitrogens with one attached hydrogen (secondary N) is 2. The molecule has 0 radical (unpaired) electrons. The van der Waals surface area contributed by atoms with E-state index >= 15 is 0 Å². The summed E-state index contributed by atoms with van der Waals surface area (Å²) < 4.78 is 5.17. The van der Waals surface area contributed by atoms with Crippen molar-refractivity contribution in [2.75, 3.05) is 32.1 Å². The highest BCUT2D eigenvalue weighted by Crippen LogP contribution is 2.16. The zero-order valence-corrected chi connectivity index (χ0v) is 16.0. The molecule has 2 aromatic carbocycles. The standard InChI is InChI=1S/C20H25N3O2S/c1-3-23(20(26)21-13-12-16-8-5-4-6-9-16)15-19(24)22-17-10-7-11-18(14-17)25-2/h4-11,14H,3,12-13,15H2,1-2H3,(H,21,26)(H,22,24). The van der Waals surface area contributed by atoms with Gasteiger partial charge in [-0.25, -0.2) is 0 Å². The third-order valence-corrected chi connectivity index (χ3v) is 4.29. The summed E-state index contributed by atoms with van der Waals surface area (Å²) in [5, 5.41) is 6.68. The Labute approximate surface area is 160 Å². The Balaban J connectivity index is 1.80. The van der Waals surface area contributed by atoms with E-state index in [0.29, 0.717) is 23.1 Å². The molecule has 0 saturated carbocycles. The number of rotatable bonds is 8. The molecule has 1 amide bonds. The molecule has 0 atom stereocenters. The average molecular weight is 372 g/mol. The Kier molecular flexibility index (Phi) is 7.89. The van der Waals surface area contributed by atoms with E-state index in [-0.39, 0.29) is 12.5 Å². The van der Waals surface area contributed by atoms with Crippen LogP contribution >= 0.6 is 12.2 Å². The van der Waals surface area contributed by atoms with Gasteiger partial charge in [-0.15, -0.1) is 0 Å². The molecule has 26 heavy (non-hydrogen) atoms. The van der Waals surface area contributed by atoms with Crippen LogP contribution in [0.2, 0.25) is 0 Å². The lowest BCUT2D eigenvalue weighted by Gasteiger charge is -2.24. The van der Waals surface area contributed by atoms with E-state index in [2.05, 4.69) is 22.8 Å². The molecule has 2 rings (SSSR count). The SMILES string of the molecule is CCN(CC(=O)Nc1cccc(OC)c1)C(=S)NCCc1ccccc1. The van der Waals surface area contributed by atoms with Crippen molar-refractivity contribution in [2.24, 2.45) is 0 Å². The first-order valence-electron chi connectivity index (χ1n) is 8.63. The molecule has 6 heteroatoms. The smallest absolute Gasteiger partial charge is 0.243 e. The van der Waals surface area contributed by atoms with E-state index in [4.69, 9.17) is 17.0 Å². The number of carbonyl (C=O) groups is 1. The van der Waals surface area contributed by atoms with Crippen LogP contribution in [0.1, 0.15) is 12.5 Å². The summed E-state index contributed by atoms with van der Waals surface area (Å²) in [5.41, 5.74) is 1.95. The maximum absolute atomic E-state index is 12.3. The van der Waals surface area contributed by atoms with Crippen LogP contribution in [0.4, 0.5) is 5.69 Å². The molecule has 0 bridgehead atoms. The zero-order valence-electron chi connectivity index (χ0n) is 15.2. The Morgan fingerprint density at radius 1 is 1.15 bits per heavy atom. The van der Waals surface area contributed by atoms with Crippen molar-refractivity contribution < 1.29 is 9.53 Å². The molecule has 0 unspecified atom stereocenters. The number of methoxy groups -OCH3 is 1. The van der Waals surface area contributed by atoms with Crippen LogP contribution in [0.15, 0.2) is 54.6 Å². The van der Waals surface area contributed by atoms with Gasteiger partial charge >= 0.3 is 0 Å². The first kappa shape index (κ1) is 19.7. The summed E-state index contributed by atoms with van der Waals surface area (Å²) in [6.45, 7) is 3.56. The topological polar surface area (TPSA) is 53.6 Å². The van der Waals surface area contributed by atoms with Crippen LogP contribution in [0.25, 0.3) is 0 Å². The number of likely N-dealkylation sites (N-methyl/N-ethyl adjacent to an activating group) is 1. The highest BCUT2D eigenvalue weighted by atomic mass is 32.1. The number of ether oxygens (including phenoxy) is 1. The summed E-state index contributed by atoms with van der Waals surface area (Å²) >= 11 is 5.43. The van der Waals surface area contributed by atoms with Gasteiger partial charge in [0.15, 0.2) is 5.11 Å². The monoisotopic (exact) mass is 371 g/mol. The molecule has 0 saturated heterocycles. The third-order valence-electron chi connectivity index (χ3n) is 3.89. The minimum atomic E-state index is -0.118. The Bertz CT molecular complexity index is 722. The van der Waals surface area contributed by atoms with Gasteiger partial charge in [0.05, 0.1) is 13.7 Å². The zero-order chi connectivity index (χ0) is 18.8. The summed E-state index contributed by atoms with van der Waals surface area (Å²) in [5.74, 6) is 0.584. The van der Waals surface area contributed by atoms with E-state index in [1.54, 1.807) is 13.2 Å². The van der Waals surface area contributed by atoms with Crippen LogP contribution in [0.3, 0.4) is 0 Å². The molecular weight excluding hydrogens is 346 g/mol. The van der Waals surface area contributed by atoms with Gasteiger partial charge in [-0.3, -0.25) is 4.79 Å². The quantitative estimate of drug-likeness (QED) is 0.699. The fourth-order valence-electron chi connectivity index (χ4n) is 2.47. The first-order valence-corrected chi connectivity index (χ1v) is 9.03. The number of benzene rings is 2. The van der Waals surface area contributed by atoms with E-state index in [1.807, 2.05) is 48.2 Å². The van der Waals surface area contributed by atoms with Crippen LogP contribution < -0.4 is 15.4 Å². The molecule has 2 N–H and O–H groups in total. The van der Waals surface area contributed by atoms with Crippen LogP contribution in [0.5, 0.6) is 5.75 Å². The van der Waals surface area contributed by atoms with Crippen LogP contribution in [-0.2, 0) is 11.2 Å². The molecule has 5 nitrogen and oxygen atoms in total. The minimum absolute atomic E-state index is 0.118. The largest absolute Gasteiger partial charge is 0.497 e. The maximum atomic E-state index is 12.3. The van der Waals surface area contributed by atoms with Crippen molar-refractivity contribution >= 4 is 28.9 Å². The predicted molar refractivity (Wildman–Crippen MR) is 110 cm³/mol. The number of carbonyl (C=O) groups excluding carboxylic acids is 1. The number of anilines is 1. The van der Waals surface area contributed by atoms with Gasteiger partial charge in [0.25, 0.3) is 0 Å². The maximum Gasteiger partial charge on any atom is 0.243 e. The summed E-state index contributed by atoms with van der Waals surface area (Å²) in [4.78, 5) is 14.1. The molecule has 2 aromatic rings. The molecule has 0 aromatic heterocycles. The first-order chi connectivity index (χ1) is 12.6. The molecule has 0 spiro atoms. The van der Waals surface area contributed by atoms with Gasteiger partial charge < -0.3 is 20.3 Å². The van der Waals surface area contributed by atoms with Gasteiger partial charge in [-0.2, -0.15) is 0 Å². The molecule has 0 heterocycles. The Hall–Kier alpha value is -2.60. The lowest BCUT2D eigenvalue weighted by Crippen LogP contribution is -2.44. The fraction of sp³-hybridized carbons (Fsp3) is 0.300. The van der Waals surface area contributed by atoms with E-state index in [9.17, 15) is 4.79 Å². The number of thiocarbonyl (C=S) groups is 1. The number of hydrogen-bond donors (Lipinski definition) is 2. The van der Waals surface area contributed by atoms with Gasteiger partial charge in [-0.1, -0.05) is 36.4 Å². The van der Waals surface area contributed by atoms with Crippen LogP contribution in [-0.4, -0.2) is 42.7 Å². The molecule has 138 valence electrons. The summed E-state index contributed by atoms with van der Waals surface area (Å²) in [6, 6.07) is 17.5. The Morgan fingerprint density at radius 2 is 1.92 bits per heavy atom. The van der Waals surface area contributed by atoms with E-state index in [1.165, 1.54) is 5.56 Å². The van der Waals surface area contributed by atoms with Crippen molar-refractivity contribution in [3.63, 3.8) is 0 Å². The third kappa shape index (κ3) is 6.37. The van der Waals surface area contributed by atoms with Gasteiger partial charge in [0.2, 0.25) is 5.91 Å². The van der Waals surface area contributed by atoms with Crippen molar-refractivity contribution in [1.29, 1.82) is 0 Å². The van der Waals surface area contributed by atoms with E-state index in [0.717, 1.165) is 13.0 Å². The van der Waals surface area contributed by atoms with Gasteiger partial charge in [0.1, 0.15) is 5.75 Å². The lowest BCUT2D eigenvalue weighted by molar-refractivity contribution is -0.116. The predicted octanol–water partition coefficient (Wildman–Crippen LogP) is 3.07. The second-order valence-electron chi connectivity index (χ2n) is 5.76. The molecule has 0 aliphatic carbocycles. The van der Waals surface area contributed by atoms with Crippen molar-refractivity contribution in [1.82, 2.24) is 10.2 Å². The summed E-state index contributed by atoms with van der Waals surface area (Å²) in [6.07, 6.45) is 0.883. The molecule has 0 aliphatic heterocycles. The second-order valence-corrected chi connectivity index (χ2v) is 6.15.